The second-order valence-corrected chi connectivity index (χ2v) is 3.31. The van der Waals surface area contributed by atoms with Gasteiger partial charge in [-0.2, -0.15) is 5.10 Å². The summed E-state index contributed by atoms with van der Waals surface area (Å²) in [5, 5.41) is 9.40. The lowest BCUT2D eigenvalue weighted by Crippen LogP contribution is -2.32. The highest BCUT2D eigenvalue weighted by Crippen LogP contribution is 2.07. The summed E-state index contributed by atoms with van der Waals surface area (Å²) in [6.45, 7) is 3.72. The number of nitrogens with zero attached hydrogens (tertiary/aromatic N) is 1. The van der Waals surface area contributed by atoms with Gasteiger partial charge in [0.15, 0.2) is 5.82 Å². The van der Waals surface area contributed by atoms with Crippen LogP contribution >= 0.6 is 0 Å². The predicted molar refractivity (Wildman–Crippen MR) is 54.9 cm³/mol. The second-order valence-electron chi connectivity index (χ2n) is 3.31. The molecule has 0 aliphatic rings. The smallest absolute Gasteiger partial charge is 0.242 e. The Morgan fingerprint density at radius 3 is 3.07 bits per heavy atom. The molecule has 78 valence electrons. The number of amides is 1. The minimum Gasteiger partial charge on any atom is -0.320 e. The molecule has 0 unspecified atom stereocenters. The van der Waals surface area contributed by atoms with Crippen molar-refractivity contribution in [3.05, 3.63) is 11.8 Å². The van der Waals surface area contributed by atoms with Crippen molar-refractivity contribution in [2.45, 2.75) is 32.7 Å². The van der Waals surface area contributed by atoms with Crippen molar-refractivity contribution < 1.29 is 4.79 Å². The lowest BCUT2D eigenvalue weighted by atomic mass is 10.2. The average Bonchev–Trinajstić information content (AvgIpc) is 2.53. The van der Waals surface area contributed by atoms with Gasteiger partial charge in [-0.3, -0.25) is 9.89 Å². The lowest BCUT2D eigenvalue weighted by molar-refractivity contribution is -0.117. The molecule has 1 aromatic heterocycles. The maximum absolute atomic E-state index is 11.2. The van der Waals surface area contributed by atoms with E-state index in [2.05, 4.69) is 22.4 Å². The van der Waals surface area contributed by atoms with E-state index in [0.29, 0.717) is 5.82 Å². The Morgan fingerprint density at radius 1 is 1.79 bits per heavy atom. The number of hydrogen-bond donors (Lipinski definition) is 3. The molecule has 0 bridgehead atoms. The molecule has 0 aliphatic heterocycles. The van der Waals surface area contributed by atoms with Gasteiger partial charge in [-0.05, 0) is 13.3 Å². The standard InChI is InChI=1S/C9H16N4O/c1-3-4-7-5-8(13-12-7)11-9(14)6(2)10/h5-6H,3-4,10H2,1-2H3,(H2,11,12,13,14)/t6-/m0/s1. The summed E-state index contributed by atoms with van der Waals surface area (Å²) in [5.41, 5.74) is 6.42. The van der Waals surface area contributed by atoms with Crippen LogP contribution in [0, 0.1) is 0 Å². The summed E-state index contributed by atoms with van der Waals surface area (Å²) in [6, 6.07) is 1.31. The first-order valence-corrected chi connectivity index (χ1v) is 4.74. The Balaban J connectivity index is 2.55. The molecule has 0 fully saturated rings. The zero-order chi connectivity index (χ0) is 10.6. The topological polar surface area (TPSA) is 83.8 Å². The average molecular weight is 196 g/mol. The molecule has 0 aliphatic carbocycles. The first kappa shape index (κ1) is 10.7. The van der Waals surface area contributed by atoms with E-state index < -0.39 is 6.04 Å². The van der Waals surface area contributed by atoms with Crippen LogP contribution in [0.25, 0.3) is 0 Å². The molecule has 5 nitrogen and oxygen atoms in total. The van der Waals surface area contributed by atoms with Crippen LogP contribution < -0.4 is 11.1 Å². The summed E-state index contributed by atoms with van der Waals surface area (Å²) in [6.07, 6.45) is 1.98. The zero-order valence-corrected chi connectivity index (χ0v) is 8.50. The first-order valence-electron chi connectivity index (χ1n) is 4.74. The SMILES string of the molecule is CCCc1cc(NC(=O)[C@H](C)N)n[nH]1. The fraction of sp³-hybridized carbons (Fsp3) is 0.556. The Labute approximate surface area is 83.1 Å². The lowest BCUT2D eigenvalue weighted by Gasteiger charge is -2.03. The van der Waals surface area contributed by atoms with Gasteiger partial charge in [0.05, 0.1) is 6.04 Å². The van der Waals surface area contributed by atoms with Gasteiger partial charge < -0.3 is 11.1 Å². The van der Waals surface area contributed by atoms with Crippen LogP contribution in [0.3, 0.4) is 0 Å². The van der Waals surface area contributed by atoms with Gasteiger partial charge in [0, 0.05) is 11.8 Å². The van der Waals surface area contributed by atoms with Crippen LogP contribution in [0.1, 0.15) is 26.0 Å². The Kier molecular flexibility index (Phi) is 3.64. The molecule has 1 rings (SSSR count). The van der Waals surface area contributed by atoms with Gasteiger partial charge in [-0.25, -0.2) is 0 Å². The number of aromatic amines is 1. The van der Waals surface area contributed by atoms with E-state index >= 15 is 0 Å². The Hall–Kier alpha value is -1.36. The number of aromatic nitrogens is 2. The number of hydrogen-bond acceptors (Lipinski definition) is 3. The van der Waals surface area contributed by atoms with Gasteiger partial charge >= 0.3 is 0 Å². The van der Waals surface area contributed by atoms with Gasteiger partial charge in [0.2, 0.25) is 5.91 Å². The van der Waals surface area contributed by atoms with Crippen LogP contribution in [0.4, 0.5) is 5.82 Å². The number of carbonyl (C=O) groups is 1. The molecule has 1 heterocycles. The summed E-state index contributed by atoms with van der Waals surface area (Å²) >= 11 is 0. The normalized spacial score (nSPS) is 12.5. The number of nitrogens with two attached hydrogens (primary N) is 1. The minimum atomic E-state index is -0.513. The van der Waals surface area contributed by atoms with E-state index in [-0.39, 0.29) is 5.91 Å². The van der Waals surface area contributed by atoms with Crippen molar-refractivity contribution in [1.82, 2.24) is 10.2 Å². The number of rotatable bonds is 4. The highest BCUT2D eigenvalue weighted by Gasteiger charge is 2.09. The maximum atomic E-state index is 11.2. The summed E-state index contributed by atoms with van der Waals surface area (Å²) in [5.74, 6) is 0.315. The molecule has 1 atom stereocenters. The molecule has 14 heavy (non-hydrogen) atoms. The van der Waals surface area contributed by atoms with E-state index in [0.717, 1.165) is 18.5 Å². The number of aryl methyl sites for hydroxylation is 1. The number of carbonyl (C=O) groups excluding carboxylic acids is 1. The van der Waals surface area contributed by atoms with Gasteiger partial charge in [0.25, 0.3) is 0 Å². The third-order valence-electron chi connectivity index (χ3n) is 1.82. The molecular weight excluding hydrogens is 180 g/mol. The zero-order valence-electron chi connectivity index (χ0n) is 8.50. The Bertz CT molecular complexity index is 306. The summed E-state index contributed by atoms with van der Waals surface area (Å²) in [7, 11) is 0. The molecule has 0 saturated heterocycles. The molecule has 1 amide bonds. The van der Waals surface area contributed by atoms with E-state index in [9.17, 15) is 4.79 Å². The van der Waals surface area contributed by atoms with E-state index in [1.807, 2.05) is 6.07 Å². The van der Waals surface area contributed by atoms with E-state index in [1.54, 1.807) is 6.92 Å². The van der Waals surface area contributed by atoms with Crippen LogP contribution in [0.5, 0.6) is 0 Å². The molecule has 0 radical (unpaired) electrons. The molecular formula is C9H16N4O. The van der Waals surface area contributed by atoms with Crippen molar-refractivity contribution in [2.24, 2.45) is 5.73 Å². The van der Waals surface area contributed by atoms with Crippen LogP contribution in [0.2, 0.25) is 0 Å². The molecule has 1 aromatic rings. The molecule has 0 saturated carbocycles. The van der Waals surface area contributed by atoms with Gasteiger partial charge in [0.1, 0.15) is 0 Å². The maximum Gasteiger partial charge on any atom is 0.242 e. The second kappa shape index (κ2) is 4.76. The summed E-state index contributed by atoms with van der Waals surface area (Å²) in [4.78, 5) is 11.2. The predicted octanol–water partition coefficient (Wildman–Crippen LogP) is 0.648. The van der Waals surface area contributed by atoms with E-state index in [4.69, 9.17) is 5.73 Å². The minimum absolute atomic E-state index is 0.223. The monoisotopic (exact) mass is 196 g/mol. The van der Waals surface area contributed by atoms with Crippen LogP contribution in [-0.2, 0) is 11.2 Å². The molecule has 5 heteroatoms. The fourth-order valence-corrected chi connectivity index (χ4v) is 1.06. The molecule has 0 aromatic carbocycles. The number of anilines is 1. The highest BCUT2D eigenvalue weighted by atomic mass is 16.2. The van der Waals surface area contributed by atoms with Gasteiger partial charge in [-0.15, -0.1) is 0 Å². The molecule has 0 spiro atoms. The third kappa shape index (κ3) is 2.85. The number of H-pyrrole nitrogens is 1. The van der Waals surface area contributed by atoms with Crippen molar-refractivity contribution in [3.63, 3.8) is 0 Å². The highest BCUT2D eigenvalue weighted by molar-refractivity contribution is 5.93. The molecule has 4 N–H and O–H groups in total. The Morgan fingerprint density at radius 2 is 2.50 bits per heavy atom. The van der Waals surface area contributed by atoms with Crippen molar-refractivity contribution in [2.75, 3.05) is 5.32 Å². The largest absolute Gasteiger partial charge is 0.320 e. The van der Waals surface area contributed by atoms with Crippen LogP contribution in [0.15, 0.2) is 6.07 Å². The number of nitrogens with one attached hydrogen (secondary N) is 2. The first-order chi connectivity index (χ1) is 6.63. The third-order valence-corrected chi connectivity index (χ3v) is 1.82. The van der Waals surface area contributed by atoms with Crippen molar-refractivity contribution in [3.8, 4) is 0 Å². The van der Waals surface area contributed by atoms with Gasteiger partial charge in [-0.1, -0.05) is 13.3 Å². The van der Waals surface area contributed by atoms with Crippen molar-refractivity contribution >= 4 is 11.7 Å². The quantitative estimate of drug-likeness (QED) is 0.661. The van der Waals surface area contributed by atoms with E-state index in [1.165, 1.54) is 0 Å². The van der Waals surface area contributed by atoms with Crippen LogP contribution in [-0.4, -0.2) is 22.1 Å². The fourth-order valence-electron chi connectivity index (χ4n) is 1.06. The summed E-state index contributed by atoms with van der Waals surface area (Å²) < 4.78 is 0. The van der Waals surface area contributed by atoms with Crippen molar-refractivity contribution in [1.29, 1.82) is 0 Å².